The molecule has 1 rings (SSSR count). The summed E-state index contributed by atoms with van der Waals surface area (Å²) in [6.07, 6.45) is 4.42. The van der Waals surface area contributed by atoms with Gasteiger partial charge in [-0.05, 0) is 18.6 Å². The van der Waals surface area contributed by atoms with Gasteiger partial charge in [0.1, 0.15) is 0 Å². The van der Waals surface area contributed by atoms with Gasteiger partial charge in [-0.3, -0.25) is 0 Å². The van der Waals surface area contributed by atoms with E-state index in [9.17, 15) is 9.59 Å². The number of unbranched alkanes of at least 4 members (excludes halogenated alkanes) is 3. The molecule has 0 unspecified atom stereocenters. The molecule has 0 saturated heterocycles. The Balaban J connectivity index is 0.000000361. The van der Waals surface area contributed by atoms with Crippen LogP contribution in [0.5, 0.6) is 0 Å². The number of hydrogen-bond acceptors (Lipinski definition) is 4. The molecule has 0 aliphatic carbocycles. The molecule has 0 bridgehead atoms. The number of nitrogens with two attached hydrogens (primary N) is 1. The monoisotopic (exact) mass is 301 g/mol. The van der Waals surface area contributed by atoms with Crippen molar-refractivity contribution < 1.29 is 19.4 Å². The lowest BCUT2D eigenvalue weighted by Crippen LogP contribution is -2.00. The van der Waals surface area contributed by atoms with Crippen molar-refractivity contribution >= 4 is 28.7 Å². The van der Waals surface area contributed by atoms with E-state index < -0.39 is 11.4 Å². The van der Waals surface area contributed by atoms with Crippen LogP contribution in [0.3, 0.4) is 0 Å². The first-order valence-corrected chi connectivity index (χ1v) is 6.76. The smallest absolute Gasteiger partial charge is 0.403 e. The SMILES string of the molecule is CCCCCCOC(=O)Cl.Nc1ccccc1C(=O)O. The molecule has 0 heterocycles. The predicted octanol–water partition coefficient (Wildman–Crippen LogP) is 3.91. The number of ether oxygens (including phenoxy) is 1. The maximum absolute atomic E-state index is 10.3. The maximum atomic E-state index is 10.3. The molecule has 0 saturated carbocycles. The summed E-state index contributed by atoms with van der Waals surface area (Å²) in [6, 6.07) is 6.36. The van der Waals surface area contributed by atoms with Gasteiger partial charge in [-0.1, -0.05) is 38.3 Å². The Morgan fingerprint density at radius 3 is 2.35 bits per heavy atom. The van der Waals surface area contributed by atoms with E-state index in [0.29, 0.717) is 12.3 Å². The summed E-state index contributed by atoms with van der Waals surface area (Å²) < 4.78 is 4.51. The van der Waals surface area contributed by atoms with Crippen LogP contribution in [0.4, 0.5) is 10.5 Å². The number of benzene rings is 1. The number of carboxylic acids is 1. The zero-order valence-electron chi connectivity index (χ0n) is 11.5. The largest absolute Gasteiger partial charge is 0.478 e. The summed E-state index contributed by atoms with van der Waals surface area (Å²) in [4.78, 5) is 20.4. The summed E-state index contributed by atoms with van der Waals surface area (Å²) in [5.74, 6) is -0.988. The lowest BCUT2D eigenvalue weighted by molar-refractivity contribution is 0.0698. The number of carbonyl (C=O) groups is 2. The Morgan fingerprint density at radius 2 is 1.90 bits per heavy atom. The third kappa shape index (κ3) is 9.22. The molecule has 0 aromatic heterocycles. The fraction of sp³-hybridized carbons (Fsp3) is 0.429. The van der Waals surface area contributed by atoms with Gasteiger partial charge in [-0.25, -0.2) is 9.59 Å². The highest BCUT2D eigenvalue weighted by atomic mass is 35.5. The number of hydrogen-bond donors (Lipinski definition) is 2. The van der Waals surface area contributed by atoms with Crippen LogP contribution >= 0.6 is 11.6 Å². The molecule has 0 amide bonds. The van der Waals surface area contributed by atoms with Crippen molar-refractivity contribution in [3.8, 4) is 0 Å². The molecule has 0 spiro atoms. The molecule has 1 aromatic rings. The van der Waals surface area contributed by atoms with Crippen LogP contribution in [-0.4, -0.2) is 23.1 Å². The predicted molar refractivity (Wildman–Crippen MR) is 79.2 cm³/mol. The zero-order chi connectivity index (χ0) is 15.4. The molecule has 0 atom stereocenters. The first-order valence-electron chi connectivity index (χ1n) is 6.39. The average Bonchev–Trinajstić information content (AvgIpc) is 2.39. The molecular formula is C14H20ClNO4. The van der Waals surface area contributed by atoms with E-state index in [0.717, 1.165) is 12.8 Å². The molecule has 0 aliphatic rings. The fourth-order valence-corrected chi connectivity index (χ4v) is 1.45. The molecular weight excluding hydrogens is 282 g/mol. The maximum Gasteiger partial charge on any atom is 0.403 e. The lowest BCUT2D eigenvalue weighted by atomic mass is 10.2. The number of anilines is 1. The summed E-state index contributed by atoms with van der Waals surface area (Å²) in [6.45, 7) is 2.59. The van der Waals surface area contributed by atoms with Gasteiger partial charge in [0.2, 0.25) is 0 Å². The van der Waals surface area contributed by atoms with Crippen molar-refractivity contribution in [2.24, 2.45) is 0 Å². The van der Waals surface area contributed by atoms with Crippen LogP contribution in [0, 0.1) is 0 Å². The van der Waals surface area contributed by atoms with Gasteiger partial charge >= 0.3 is 11.4 Å². The number of rotatable bonds is 6. The molecule has 0 aliphatic heterocycles. The van der Waals surface area contributed by atoms with Crippen LogP contribution in [0.1, 0.15) is 43.0 Å². The van der Waals surface area contributed by atoms with Gasteiger partial charge in [-0.15, -0.1) is 0 Å². The quantitative estimate of drug-likeness (QED) is 0.472. The second-order valence-corrected chi connectivity index (χ2v) is 4.35. The van der Waals surface area contributed by atoms with E-state index in [-0.39, 0.29) is 5.56 Å². The molecule has 0 fully saturated rings. The third-order valence-electron chi connectivity index (χ3n) is 2.40. The number of aromatic carboxylic acids is 1. The van der Waals surface area contributed by atoms with Crippen LogP contribution < -0.4 is 5.73 Å². The molecule has 5 nitrogen and oxygen atoms in total. The van der Waals surface area contributed by atoms with Crippen molar-refractivity contribution in [1.82, 2.24) is 0 Å². The molecule has 1 aromatic carbocycles. The van der Waals surface area contributed by atoms with Gasteiger partial charge in [0, 0.05) is 17.3 Å². The number of carboxylic acid groups (broad SMARTS) is 1. The summed E-state index contributed by atoms with van der Waals surface area (Å²) in [7, 11) is 0. The lowest BCUT2D eigenvalue weighted by Gasteiger charge is -1.98. The minimum atomic E-state index is -0.988. The van der Waals surface area contributed by atoms with Crippen molar-refractivity contribution in [2.75, 3.05) is 12.3 Å². The van der Waals surface area contributed by atoms with Crippen LogP contribution in [0.2, 0.25) is 0 Å². The van der Waals surface area contributed by atoms with Gasteiger partial charge in [0.25, 0.3) is 0 Å². The number of halogens is 1. The minimum Gasteiger partial charge on any atom is -0.478 e. The van der Waals surface area contributed by atoms with Crippen molar-refractivity contribution in [2.45, 2.75) is 32.6 Å². The van der Waals surface area contributed by atoms with Crippen LogP contribution in [-0.2, 0) is 4.74 Å². The second kappa shape index (κ2) is 11.1. The Morgan fingerprint density at radius 1 is 1.25 bits per heavy atom. The van der Waals surface area contributed by atoms with Crippen molar-refractivity contribution in [1.29, 1.82) is 0 Å². The Kier molecular flexibility index (Phi) is 10.1. The number of para-hydroxylation sites is 1. The minimum absolute atomic E-state index is 0.155. The number of nitrogen functional groups attached to an aromatic ring is 1. The molecule has 20 heavy (non-hydrogen) atoms. The standard InChI is InChI=1S/C7H13ClO2.C7H7NO2/c1-2-3-4-5-6-10-7(8)9;8-6-4-2-1-3-5(6)7(9)10/h2-6H2,1H3;1-4H,8H2,(H,9,10). The van der Waals surface area contributed by atoms with E-state index in [1.165, 1.54) is 18.9 Å². The highest BCUT2D eigenvalue weighted by molar-refractivity contribution is 6.61. The highest BCUT2D eigenvalue weighted by Crippen LogP contribution is 2.09. The van der Waals surface area contributed by atoms with E-state index in [1.807, 2.05) is 0 Å². The summed E-state index contributed by atoms with van der Waals surface area (Å²) in [5, 5.41) is 8.49. The molecule has 112 valence electrons. The fourth-order valence-electron chi connectivity index (χ4n) is 1.37. The van der Waals surface area contributed by atoms with Gasteiger partial charge in [-0.2, -0.15) is 0 Å². The second-order valence-electron chi connectivity index (χ2n) is 4.04. The van der Waals surface area contributed by atoms with Crippen LogP contribution in [0.25, 0.3) is 0 Å². The van der Waals surface area contributed by atoms with Gasteiger partial charge in [0.05, 0.1) is 12.2 Å². The van der Waals surface area contributed by atoms with Crippen molar-refractivity contribution in [3.63, 3.8) is 0 Å². The van der Waals surface area contributed by atoms with E-state index >= 15 is 0 Å². The van der Waals surface area contributed by atoms with Crippen molar-refractivity contribution in [3.05, 3.63) is 29.8 Å². The first-order chi connectivity index (χ1) is 9.49. The first kappa shape index (κ1) is 18.2. The average molecular weight is 302 g/mol. The normalized spacial score (nSPS) is 9.30. The zero-order valence-corrected chi connectivity index (χ0v) is 12.2. The molecule has 3 N–H and O–H groups in total. The van der Waals surface area contributed by atoms with E-state index in [4.69, 9.17) is 22.4 Å². The molecule has 0 radical (unpaired) electrons. The Labute approximate surface area is 123 Å². The number of carbonyl (C=O) groups excluding carboxylic acids is 1. The Hall–Kier alpha value is -1.75. The highest BCUT2D eigenvalue weighted by Gasteiger charge is 2.03. The topological polar surface area (TPSA) is 89.6 Å². The van der Waals surface area contributed by atoms with Crippen LogP contribution in [0.15, 0.2) is 24.3 Å². The third-order valence-corrected chi connectivity index (χ3v) is 2.51. The summed E-state index contributed by atoms with van der Waals surface area (Å²) in [5.41, 5.74) is 5.10. The van der Waals surface area contributed by atoms with Gasteiger partial charge in [0.15, 0.2) is 0 Å². The Bertz CT molecular complexity index is 423. The summed E-state index contributed by atoms with van der Waals surface area (Å²) >= 11 is 4.93. The molecule has 6 heteroatoms. The van der Waals surface area contributed by atoms with E-state index in [2.05, 4.69) is 11.7 Å². The van der Waals surface area contributed by atoms with Gasteiger partial charge < -0.3 is 15.6 Å². The van der Waals surface area contributed by atoms with E-state index in [1.54, 1.807) is 18.2 Å².